The van der Waals surface area contributed by atoms with Gasteiger partial charge in [0.15, 0.2) is 11.5 Å². The fourth-order valence-electron chi connectivity index (χ4n) is 3.65. The number of nitrogens with one attached hydrogen (secondary N) is 1. The van der Waals surface area contributed by atoms with Crippen molar-refractivity contribution in [1.82, 2.24) is 0 Å². The average Bonchev–Trinajstić information content (AvgIpc) is 3.23. The average molecular weight is 468 g/mol. The highest BCUT2D eigenvalue weighted by Crippen LogP contribution is 2.47. The number of rotatable bonds is 7. The van der Waals surface area contributed by atoms with Crippen molar-refractivity contribution < 1.29 is 22.7 Å². The minimum atomic E-state index is -3.77. The van der Waals surface area contributed by atoms with Gasteiger partial charge in [-0.2, -0.15) is 0 Å². The second-order valence-corrected chi connectivity index (χ2v) is 9.92. The van der Waals surface area contributed by atoms with Crippen molar-refractivity contribution in [2.45, 2.75) is 29.1 Å². The third kappa shape index (κ3) is 4.09. The summed E-state index contributed by atoms with van der Waals surface area (Å²) < 4.78 is 37.7. The predicted octanol–water partition coefficient (Wildman–Crippen LogP) is 4.47. The summed E-state index contributed by atoms with van der Waals surface area (Å²) in [6, 6.07) is 13.6. The Bertz CT molecular complexity index is 1290. The molecule has 0 saturated heterocycles. The Morgan fingerprint density at radius 1 is 1.16 bits per heavy atom. The minimum absolute atomic E-state index is 0.112. The Labute approximate surface area is 191 Å². The Kier molecular flexibility index (Phi) is 6.21. The summed E-state index contributed by atoms with van der Waals surface area (Å²) in [6.45, 7) is 2.41. The van der Waals surface area contributed by atoms with E-state index in [0.29, 0.717) is 23.8 Å². The zero-order chi connectivity index (χ0) is 22.7. The predicted molar refractivity (Wildman–Crippen MR) is 123 cm³/mol. The van der Waals surface area contributed by atoms with E-state index in [9.17, 15) is 13.2 Å². The number of amides is 1. The van der Waals surface area contributed by atoms with Crippen molar-refractivity contribution in [2.75, 3.05) is 18.5 Å². The van der Waals surface area contributed by atoms with Gasteiger partial charge in [0.25, 0.3) is 0 Å². The third-order valence-corrected chi connectivity index (χ3v) is 8.12. The van der Waals surface area contributed by atoms with Crippen molar-refractivity contribution in [2.24, 2.45) is 0 Å². The molecule has 1 N–H and O–H groups in total. The molecule has 1 aliphatic rings. The number of anilines is 1. The maximum Gasteiger partial charge on any atom is 0.225 e. The molecule has 2 aromatic carbocycles. The molecule has 0 aliphatic carbocycles. The van der Waals surface area contributed by atoms with Crippen molar-refractivity contribution in [3.05, 3.63) is 64.4 Å². The van der Waals surface area contributed by atoms with E-state index < -0.39 is 9.84 Å². The molecule has 0 spiro atoms. The molecular formula is C24H21NO5S2. The van der Waals surface area contributed by atoms with Crippen molar-refractivity contribution in [1.29, 1.82) is 0 Å². The van der Waals surface area contributed by atoms with E-state index in [4.69, 9.17) is 15.9 Å². The second kappa shape index (κ2) is 9.07. The molecule has 1 atom stereocenters. The van der Waals surface area contributed by atoms with Crippen LogP contribution in [0, 0.1) is 12.3 Å². The Morgan fingerprint density at radius 2 is 1.94 bits per heavy atom. The van der Waals surface area contributed by atoms with E-state index >= 15 is 0 Å². The molecule has 3 aromatic rings. The van der Waals surface area contributed by atoms with Crippen LogP contribution in [-0.4, -0.2) is 27.5 Å². The number of thiophene rings is 1. The van der Waals surface area contributed by atoms with Crippen LogP contribution in [0.1, 0.15) is 29.7 Å². The van der Waals surface area contributed by atoms with Crippen molar-refractivity contribution >= 4 is 32.8 Å². The monoisotopic (exact) mass is 467 g/mol. The largest absolute Gasteiger partial charge is 0.490 e. The maximum atomic E-state index is 13.2. The number of carbonyl (C=O) groups is 1. The highest BCUT2D eigenvalue weighted by Gasteiger charge is 2.34. The number of hydrogen-bond donors (Lipinski definition) is 1. The van der Waals surface area contributed by atoms with E-state index in [1.165, 1.54) is 11.3 Å². The first-order chi connectivity index (χ1) is 15.5. The van der Waals surface area contributed by atoms with E-state index in [1.54, 1.807) is 41.8 Å². The first kappa shape index (κ1) is 21.9. The van der Waals surface area contributed by atoms with E-state index in [0.717, 1.165) is 10.4 Å². The molecule has 4 rings (SSSR count). The van der Waals surface area contributed by atoms with Crippen LogP contribution in [0.3, 0.4) is 0 Å². The molecule has 0 radical (unpaired) electrons. The Balaban J connectivity index is 1.76. The van der Waals surface area contributed by atoms with Crippen LogP contribution in [0.25, 0.3) is 0 Å². The molecular weight excluding hydrogens is 446 g/mol. The van der Waals surface area contributed by atoms with Gasteiger partial charge in [-0.3, -0.25) is 4.79 Å². The molecule has 8 heteroatoms. The molecule has 0 saturated carbocycles. The van der Waals surface area contributed by atoms with Gasteiger partial charge in [0, 0.05) is 22.6 Å². The summed E-state index contributed by atoms with van der Waals surface area (Å²) in [7, 11) is -3.77. The molecule has 1 aliphatic heterocycles. The maximum absolute atomic E-state index is 13.2. The number of carbonyl (C=O) groups excluding carboxylic acids is 1. The van der Waals surface area contributed by atoms with Crippen LogP contribution < -0.4 is 14.8 Å². The first-order valence-electron chi connectivity index (χ1n) is 10.00. The van der Waals surface area contributed by atoms with Crippen LogP contribution in [-0.2, 0) is 14.6 Å². The first-order valence-corrected chi connectivity index (χ1v) is 12.4. The molecule has 6 nitrogen and oxygen atoms in total. The number of terminal acetylenes is 1. The van der Waals surface area contributed by atoms with Gasteiger partial charge in [0.05, 0.1) is 17.2 Å². The number of hydrogen-bond acceptors (Lipinski definition) is 6. The number of sulfone groups is 1. The van der Waals surface area contributed by atoms with Crippen LogP contribution in [0.2, 0.25) is 0 Å². The summed E-state index contributed by atoms with van der Waals surface area (Å²) in [5.74, 6) is 2.94. The number of benzene rings is 2. The van der Waals surface area contributed by atoms with Crippen LogP contribution in [0.4, 0.5) is 5.69 Å². The molecule has 0 bridgehead atoms. The number of fused-ring (bicyclic) bond motifs is 1. The van der Waals surface area contributed by atoms with E-state index in [2.05, 4.69) is 11.2 Å². The Hall–Kier alpha value is -3.28. The highest BCUT2D eigenvalue weighted by molar-refractivity contribution is 7.91. The zero-order valence-electron chi connectivity index (χ0n) is 17.3. The number of ether oxygens (including phenoxy) is 2. The van der Waals surface area contributed by atoms with E-state index in [-0.39, 0.29) is 34.6 Å². The van der Waals surface area contributed by atoms with Crippen LogP contribution in [0.5, 0.6) is 11.5 Å². The van der Waals surface area contributed by atoms with Crippen LogP contribution in [0.15, 0.2) is 63.7 Å². The lowest BCUT2D eigenvalue weighted by Crippen LogP contribution is -2.23. The minimum Gasteiger partial charge on any atom is -0.490 e. The van der Waals surface area contributed by atoms with Gasteiger partial charge >= 0.3 is 0 Å². The van der Waals surface area contributed by atoms with E-state index in [1.807, 2.05) is 19.1 Å². The third-order valence-electron chi connectivity index (χ3n) is 5.08. The van der Waals surface area contributed by atoms with Crippen molar-refractivity contribution in [3.63, 3.8) is 0 Å². The molecule has 1 amide bonds. The quantitative estimate of drug-likeness (QED) is 0.519. The lowest BCUT2D eigenvalue weighted by atomic mass is 9.90. The summed E-state index contributed by atoms with van der Waals surface area (Å²) in [5, 5.41) is 4.37. The summed E-state index contributed by atoms with van der Waals surface area (Å²) >= 11 is 1.32. The van der Waals surface area contributed by atoms with Gasteiger partial charge < -0.3 is 14.8 Å². The lowest BCUT2D eigenvalue weighted by molar-refractivity contribution is -0.116. The van der Waals surface area contributed by atoms with Gasteiger partial charge in [-0.05, 0) is 36.8 Å². The topological polar surface area (TPSA) is 81.7 Å². The summed E-state index contributed by atoms with van der Waals surface area (Å²) in [6.07, 6.45) is 5.49. The zero-order valence-corrected chi connectivity index (χ0v) is 19.0. The van der Waals surface area contributed by atoms with Gasteiger partial charge in [-0.15, -0.1) is 17.8 Å². The lowest BCUT2D eigenvalue weighted by Gasteiger charge is -2.24. The van der Waals surface area contributed by atoms with Gasteiger partial charge in [0.2, 0.25) is 15.7 Å². The smallest absolute Gasteiger partial charge is 0.225 e. The summed E-state index contributed by atoms with van der Waals surface area (Å²) in [4.78, 5) is 13.7. The fourth-order valence-corrected chi connectivity index (χ4v) is 6.58. The molecule has 164 valence electrons. The normalized spacial score (nSPS) is 15.4. The molecule has 1 aromatic heterocycles. The summed E-state index contributed by atoms with van der Waals surface area (Å²) in [5.41, 5.74) is 1.19. The standard InChI is InChI=1S/C24H21NO5S2/c1-3-12-30-19-11-10-16(13-20(19)29-4-2)18-14-22(26)25-23-21(15-31-24(18)23)32(27,28)17-8-6-5-7-9-17/h1,5-11,13,15,18H,4,12,14H2,2H3,(H,25,26). The highest BCUT2D eigenvalue weighted by atomic mass is 32.2. The second-order valence-electron chi connectivity index (χ2n) is 7.09. The Morgan fingerprint density at radius 3 is 2.66 bits per heavy atom. The van der Waals surface area contributed by atoms with Gasteiger partial charge in [0.1, 0.15) is 11.5 Å². The van der Waals surface area contributed by atoms with Crippen molar-refractivity contribution in [3.8, 4) is 23.8 Å². The SMILES string of the molecule is C#CCOc1ccc(C2CC(=O)Nc3c(S(=O)(=O)c4ccccc4)csc32)cc1OCC. The fraction of sp³-hybridized carbons (Fsp3) is 0.208. The van der Waals surface area contributed by atoms with Gasteiger partial charge in [-0.1, -0.05) is 30.2 Å². The molecule has 2 heterocycles. The van der Waals surface area contributed by atoms with Gasteiger partial charge in [-0.25, -0.2) is 8.42 Å². The van der Waals surface area contributed by atoms with Crippen LogP contribution >= 0.6 is 11.3 Å². The molecule has 1 unspecified atom stereocenters. The molecule has 0 fully saturated rings. The molecule has 32 heavy (non-hydrogen) atoms.